The molecular formula is C26H33FN4O2. The van der Waals surface area contributed by atoms with E-state index in [9.17, 15) is 10.2 Å². The molecule has 0 aliphatic carbocycles. The molecule has 6 nitrogen and oxygen atoms in total. The van der Waals surface area contributed by atoms with E-state index >= 15 is 4.39 Å². The van der Waals surface area contributed by atoms with Crippen LogP contribution in [0.5, 0.6) is 0 Å². The predicted octanol–water partition coefficient (Wildman–Crippen LogP) is 4.15. The maximum Gasteiger partial charge on any atom is 0.127 e. The molecule has 0 saturated carbocycles. The predicted molar refractivity (Wildman–Crippen MR) is 126 cm³/mol. The summed E-state index contributed by atoms with van der Waals surface area (Å²) in [5, 5.41) is 29.8. The topological polar surface area (TPSA) is 85.3 Å². The maximum atomic E-state index is 15.0. The molecule has 4 rings (SSSR count). The van der Waals surface area contributed by atoms with Gasteiger partial charge in [-0.1, -0.05) is 32.9 Å². The standard InChI is InChI=1S/C26H33FN4O2/c1-16(2)20-8-7-18(10-21(20)27)26(33,25(5)14-31(6)15-25)19-9-17(12-28-13-19)22-11-23(30-29-22)24(3,4)32/h7-13,16,32-33H,14-15H2,1-6H3,(H,29,30)/t26-/m0/s1. The highest BCUT2D eigenvalue weighted by Gasteiger charge is 2.55. The first-order valence-corrected chi connectivity index (χ1v) is 11.3. The van der Waals surface area contributed by atoms with E-state index in [0.717, 1.165) is 0 Å². The second kappa shape index (κ2) is 8.01. The van der Waals surface area contributed by atoms with Gasteiger partial charge in [0.25, 0.3) is 0 Å². The van der Waals surface area contributed by atoms with E-state index in [2.05, 4.69) is 20.1 Å². The fourth-order valence-electron chi connectivity index (χ4n) is 5.02. The van der Waals surface area contributed by atoms with E-state index in [0.29, 0.717) is 46.7 Å². The average molecular weight is 453 g/mol. The highest BCUT2D eigenvalue weighted by atomic mass is 19.1. The molecule has 7 heteroatoms. The van der Waals surface area contributed by atoms with E-state index in [4.69, 9.17) is 0 Å². The molecule has 1 aromatic carbocycles. The minimum atomic E-state index is -1.45. The summed E-state index contributed by atoms with van der Waals surface area (Å²) in [5.74, 6) is -0.268. The number of nitrogens with zero attached hydrogens (tertiary/aromatic N) is 3. The summed E-state index contributed by atoms with van der Waals surface area (Å²) in [6.07, 6.45) is 3.32. The largest absolute Gasteiger partial charge is 0.384 e. The summed E-state index contributed by atoms with van der Waals surface area (Å²) in [6, 6.07) is 8.69. The average Bonchev–Trinajstić information content (AvgIpc) is 3.23. The molecule has 1 atom stereocenters. The molecule has 0 unspecified atom stereocenters. The molecule has 2 aromatic heterocycles. The van der Waals surface area contributed by atoms with E-state index in [-0.39, 0.29) is 11.7 Å². The zero-order valence-corrected chi connectivity index (χ0v) is 20.1. The van der Waals surface area contributed by atoms with Crippen LogP contribution in [0.3, 0.4) is 0 Å². The second-order valence-corrected chi connectivity index (χ2v) is 10.5. The van der Waals surface area contributed by atoms with Crippen LogP contribution in [-0.4, -0.2) is 50.4 Å². The quantitative estimate of drug-likeness (QED) is 0.523. The number of halogens is 1. The lowest BCUT2D eigenvalue weighted by atomic mass is 9.62. The Bertz CT molecular complexity index is 1160. The van der Waals surface area contributed by atoms with Gasteiger partial charge in [0.2, 0.25) is 0 Å². The smallest absolute Gasteiger partial charge is 0.127 e. The first-order valence-electron chi connectivity index (χ1n) is 11.3. The molecule has 1 aliphatic heterocycles. The van der Waals surface area contributed by atoms with Crippen LogP contribution in [-0.2, 0) is 11.2 Å². The van der Waals surface area contributed by atoms with Crippen molar-refractivity contribution in [3.63, 3.8) is 0 Å². The number of aliphatic hydroxyl groups is 2. The van der Waals surface area contributed by atoms with Crippen molar-refractivity contribution in [1.82, 2.24) is 20.1 Å². The molecule has 3 heterocycles. The molecule has 3 aromatic rings. The van der Waals surface area contributed by atoms with Crippen molar-refractivity contribution in [3.05, 3.63) is 70.9 Å². The number of benzene rings is 1. The van der Waals surface area contributed by atoms with Crippen molar-refractivity contribution in [1.29, 1.82) is 0 Å². The number of likely N-dealkylation sites (tertiary alicyclic amines) is 1. The lowest BCUT2D eigenvalue weighted by Gasteiger charge is -2.55. The molecule has 3 N–H and O–H groups in total. The van der Waals surface area contributed by atoms with Gasteiger partial charge in [-0.05, 0) is 56.1 Å². The number of aromatic amines is 1. The monoisotopic (exact) mass is 452 g/mol. The van der Waals surface area contributed by atoms with Crippen LogP contribution >= 0.6 is 0 Å². The summed E-state index contributed by atoms with van der Waals surface area (Å²) in [7, 11) is 2.00. The highest BCUT2D eigenvalue weighted by molar-refractivity contribution is 5.60. The summed E-state index contributed by atoms with van der Waals surface area (Å²) in [6.45, 7) is 10.6. The van der Waals surface area contributed by atoms with E-state index in [1.807, 2.05) is 40.0 Å². The van der Waals surface area contributed by atoms with Gasteiger partial charge in [-0.3, -0.25) is 10.1 Å². The third-order valence-electron chi connectivity index (χ3n) is 6.84. The highest BCUT2D eigenvalue weighted by Crippen LogP contribution is 2.50. The van der Waals surface area contributed by atoms with Crippen LogP contribution in [0.1, 0.15) is 62.9 Å². The molecule has 0 spiro atoms. The van der Waals surface area contributed by atoms with Gasteiger partial charge in [0.15, 0.2) is 0 Å². The molecule has 1 aliphatic rings. The Kier molecular flexibility index (Phi) is 5.71. The van der Waals surface area contributed by atoms with Crippen molar-refractivity contribution < 1.29 is 14.6 Å². The number of hydrogen-bond donors (Lipinski definition) is 3. The van der Waals surface area contributed by atoms with E-state index in [1.165, 1.54) is 6.07 Å². The summed E-state index contributed by atoms with van der Waals surface area (Å²) in [4.78, 5) is 6.53. The fraction of sp³-hybridized carbons (Fsp3) is 0.462. The first-order chi connectivity index (χ1) is 15.3. The van der Waals surface area contributed by atoms with Gasteiger partial charge in [0.1, 0.15) is 17.0 Å². The van der Waals surface area contributed by atoms with Gasteiger partial charge < -0.3 is 15.1 Å². The van der Waals surface area contributed by atoms with Crippen LogP contribution in [0.25, 0.3) is 11.3 Å². The third-order valence-corrected chi connectivity index (χ3v) is 6.84. The maximum absolute atomic E-state index is 15.0. The Labute approximate surface area is 194 Å². The molecule has 0 radical (unpaired) electrons. The third kappa shape index (κ3) is 3.98. The molecule has 1 saturated heterocycles. The molecule has 33 heavy (non-hydrogen) atoms. The van der Waals surface area contributed by atoms with Crippen molar-refractivity contribution in [3.8, 4) is 11.3 Å². The second-order valence-electron chi connectivity index (χ2n) is 10.5. The van der Waals surface area contributed by atoms with Gasteiger partial charge in [-0.2, -0.15) is 5.10 Å². The van der Waals surface area contributed by atoms with E-state index in [1.54, 1.807) is 38.4 Å². The first kappa shape index (κ1) is 23.5. The number of nitrogens with one attached hydrogen (secondary N) is 1. The minimum absolute atomic E-state index is 0.0483. The Hall–Kier alpha value is -2.61. The Morgan fingerprint density at radius 3 is 2.33 bits per heavy atom. The Balaban J connectivity index is 1.84. The van der Waals surface area contributed by atoms with Crippen LogP contribution in [0, 0.1) is 11.2 Å². The van der Waals surface area contributed by atoms with Crippen LogP contribution in [0.15, 0.2) is 42.7 Å². The number of aromatic nitrogens is 3. The Morgan fingerprint density at radius 1 is 1.09 bits per heavy atom. The number of rotatable bonds is 6. The lowest BCUT2D eigenvalue weighted by Crippen LogP contribution is -2.63. The van der Waals surface area contributed by atoms with Gasteiger partial charge in [-0.15, -0.1) is 0 Å². The van der Waals surface area contributed by atoms with Gasteiger partial charge in [0.05, 0.1) is 11.4 Å². The van der Waals surface area contributed by atoms with Crippen molar-refractivity contribution in [2.75, 3.05) is 20.1 Å². The van der Waals surface area contributed by atoms with Gasteiger partial charge >= 0.3 is 0 Å². The molecule has 0 amide bonds. The lowest BCUT2D eigenvalue weighted by molar-refractivity contribution is -0.127. The van der Waals surface area contributed by atoms with Crippen molar-refractivity contribution in [2.45, 2.75) is 51.7 Å². The number of H-pyrrole nitrogens is 1. The molecule has 1 fully saturated rings. The van der Waals surface area contributed by atoms with Crippen LogP contribution in [0.2, 0.25) is 0 Å². The normalized spacial score (nSPS) is 18.2. The minimum Gasteiger partial charge on any atom is -0.384 e. The van der Waals surface area contributed by atoms with Gasteiger partial charge in [-0.25, -0.2) is 4.39 Å². The zero-order valence-electron chi connectivity index (χ0n) is 20.1. The number of hydrogen-bond acceptors (Lipinski definition) is 5. The van der Waals surface area contributed by atoms with Crippen LogP contribution in [0.4, 0.5) is 4.39 Å². The molecule has 0 bridgehead atoms. The zero-order chi connectivity index (χ0) is 24.2. The molecule has 176 valence electrons. The summed E-state index contributed by atoms with van der Waals surface area (Å²) >= 11 is 0. The summed E-state index contributed by atoms with van der Waals surface area (Å²) < 4.78 is 15.0. The SMILES string of the molecule is CC(C)c1ccc([C@](O)(c2cncc(-c3cc(C(C)(C)O)[nH]n3)c2)C2(C)CN(C)C2)cc1F. The van der Waals surface area contributed by atoms with E-state index < -0.39 is 16.6 Å². The van der Waals surface area contributed by atoms with Crippen LogP contribution < -0.4 is 0 Å². The molecular weight excluding hydrogens is 419 g/mol. The number of pyridine rings is 1. The van der Waals surface area contributed by atoms with Crippen molar-refractivity contribution >= 4 is 0 Å². The Morgan fingerprint density at radius 2 is 1.79 bits per heavy atom. The summed E-state index contributed by atoms with van der Waals surface area (Å²) in [5.41, 5.74) is 0.576. The van der Waals surface area contributed by atoms with Crippen molar-refractivity contribution in [2.24, 2.45) is 5.41 Å². The fourth-order valence-corrected chi connectivity index (χ4v) is 5.02. The van der Waals surface area contributed by atoms with Gasteiger partial charge in [0, 0.05) is 42.0 Å².